The molecule has 1 aliphatic carbocycles. The summed E-state index contributed by atoms with van der Waals surface area (Å²) in [7, 11) is -3.56. The van der Waals surface area contributed by atoms with Crippen molar-refractivity contribution >= 4 is 21.6 Å². The molecule has 1 saturated carbocycles. The molecule has 1 saturated heterocycles. The maximum atomic E-state index is 13.2. The van der Waals surface area contributed by atoms with E-state index in [1.807, 2.05) is 30.3 Å². The van der Waals surface area contributed by atoms with Crippen molar-refractivity contribution in [2.75, 3.05) is 11.4 Å². The number of hydrogen-bond acceptors (Lipinski definition) is 3. The van der Waals surface area contributed by atoms with Gasteiger partial charge in [0.25, 0.3) is 0 Å². The maximum Gasteiger partial charge on any atom is 0.243 e. The van der Waals surface area contributed by atoms with Crippen molar-refractivity contribution in [3.8, 4) is 0 Å². The first-order valence-corrected chi connectivity index (χ1v) is 10.5. The molecule has 0 bridgehead atoms. The second kappa shape index (κ2) is 6.85. The van der Waals surface area contributed by atoms with Crippen molar-refractivity contribution in [1.82, 2.24) is 4.31 Å². The van der Waals surface area contributed by atoms with Crippen molar-refractivity contribution in [2.45, 2.75) is 43.2 Å². The lowest BCUT2D eigenvalue weighted by molar-refractivity contribution is -0.117. The van der Waals surface area contributed by atoms with Gasteiger partial charge in [-0.2, -0.15) is 4.31 Å². The molecule has 1 amide bonds. The molecule has 2 aliphatic rings. The minimum atomic E-state index is -3.56. The van der Waals surface area contributed by atoms with Crippen LogP contribution in [0.2, 0.25) is 0 Å². The minimum Gasteiger partial charge on any atom is -0.312 e. The van der Waals surface area contributed by atoms with Gasteiger partial charge in [-0.25, -0.2) is 8.42 Å². The predicted molar refractivity (Wildman–Crippen MR) is 100 cm³/mol. The average molecular weight is 370 g/mol. The van der Waals surface area contributed by atoms with Gasteiger partial charge in [-0.1, -0.05) is 30.3 Å². The number of amides is 1. The summed E-state index contributed by atoms with van der Waals surface area (Å²) < 4.78 is 27.9. The molecular formula is C20H22N2O3S. The largest absolute Gasteiger partial charge is 0.312 e. The summed E-state index contributed by atoms with van der Waals surface area (Å²) >= 11 is 0. The van der Waals surface area contributed by atoms with Gasteiger partial charge in [-0.3, -0.25) is 4.79 Å². The van der Waals surface area contributed by atoms with Gasteiger partial charge in [-0.15, -0.1) is 0 Å². The van der Waals surface area contributed by atoms with E-state index in [0.29, 0.717) is 19.5 Å². The first kappa shape index (κ1) is 17.2. The molecule has 0 radical (unpaired) electrons. The Balaban J connectivity index is 1.59. The SMILES string of the molecule is O=C1CCCN1c1ccc(S(=O)(=O)N(Cc2ccccc2)C2CC2)cc1. The normalized spacial score (nSPS) is 17.9. The van der Waals surface area contributed by atoms with Crippen LogP contribution in [0.5, 0.6) is 0 Å². The van der Waals surface area contributed by atoms with E-state index in [2.05, 4.69) is 0 Å². The average Bonchev–Trinajstić information content (AvgIpc) is 3.41. The Morgan fingerprint density at radius 1 is 1.00 bits per heavy atom. The Bertz CT molecular complexity index is 890. The zero-order chi connectivity index (χ0) is 18.1. The fraction of sp³-hybridized carbons (Fsp3) is 0.350. The molecule has 2 aromatic rings. The second-order valence-corrected chi connectivity index (χ2v) is 8.80. The van der Waals surface area contributed by atoms with E-state index in [9.17, 15) is 13.2 Å². The summed E-state index contributed by atoms with van der Waals surface area (Å²) in [6, 6.07) is 16.5. The lowest BCUT2D eigenvalue weighted by Gasteiger charge is -2.23. The maximum absolute atomic E-state index is 13.2. The number of nitrogens with zero attached hydrogens (tertiary/aromatic N) is 2. The first-order chi connectivity index (χ1) is 12.6. The van der Waals surface area contributed by atoms with E-state index in [4.69, 9.17) is 0 Å². The lowest BCUT2D eigenvalue weighted by atomic mass is 10.2. The van der Waals surface area contributed by atoms with Crippen LogP contribution in [0.15, 0.2) is 59.5 Å². The van der Waals surface area contributed by atoms with E-state index < -0.39 is 10.0 Å². The van der Waals surface area contributed by atoms with E-state index in [1.54, 1.807) is 33.5 Å². The molecule has 0 unspecified atom stereocenters. The fourth-order valence-electron chi connectivity index (χ4n) is 3.39. The molecule has 5 nitrogen and oxygen atoms in total. The summed E-state index contributed by atoms with van der Waals surface area (Å²) in [5.41, 5.74) is 1.76. The van der Waals surface area contributed by atoms with E-state index in [0.717, 1.165) is 30.5 Å². The van der Waals surface area contributed by atoms with Crippen LogP contribution in [0.4, 0.5) is 5.69 Å². The van der Waals surface area contributed by atoms with Gasteiger partial charge in [-0.05, 0) is 49.1 Å². The molecule has 2 fully saturated rings. The standard InChI is InChI=1S/C20H22N2O3S/c23-20-7-4-14-21(20)17-10-12-19(13-11-17)26(24,25)22(18-8-9-18)15-16-5-2-1-3-6-16/h1-3,5-6,10-13,18H,4,7-9,14-15H2. The molecule has 0 N–H and O–H groups in total. The van der Waals surface area contributed by atoms with Crippen molar-refractivity contribution in [2.24, 2.45) is 0 Å². The summed E-state index contributed by atoms with van der Waals surface area (Å²) in [6.45, 7) is 1.09. The Morgan fingerprint density at radius 3 is 2.27 bits per heavy atom. The molecule has 26 heavy (non-hydrogen) atoms. The van der Waals surface area contributed by atoms with Crippen LogP contribution in [-0.4, -0.2) is 31.2 Å². The summed E-state index contributed by atoms with van der Waals surface area (Å²) in [5.74, 6) is 0.101. The summed E-state index contributed by atoms with van der Waals surface area (Å²) in [4.78, 5) is 13.9. The number of carbonyl (C=O) groups excluding carboxylic acids is 1. The van der Waals surface area contributed by atoms with Crippen LogP contribution in [0.1, 0.15) is 31.2 Å². The molecule has 0 spiro atoms. The van der Waals surface area contributed by atoms with Gasteiger partial charge in [0.2, 0.25) is 15.9 Å². The predicted octanol–water partition coefficient (Wildman–Crippen LogP) is 3.17. The van der Waals surface area contributed by atoms with Crippen molar-refractivity contribution in [3.05, 3.63) is 60.2 Å². The van der Waals surface area contributed by atoms with Crippen LogP contribution < -0.4 is 4.90 Å². The van der Waals surface area contributed by atoms with Crippen LogP contribution in [0.25, 0.3) is 0 Å². The molecule has 1 aliphatic heterocycles. The first-order valence-electron chi connectivity index (χ1n) is 9.02. The highest BCUT2D eigenvalue weighted by Gasteiger charge is 2.38. The third kappa shape index (κ3) is 3.39. The highest BCUT2D eigenvalue weighted by molar-refractivity contribution is 7.89. The number of hydrogen-bond donors (Lipinski definition) is 0. The number of benzene rings is 2. The van der Waals surface area contributed by atoms with E-state index in [-0.39, 0.29) is 16.8 Å². The van der Waals surface area contributed by atoms with Gasteiger partial charge in [0.05, 0.1) is 4.90 Å². The van der Waals surface area contributed by atoms with Crippen molar-refractivity contribution < 1.29 is 13.2 Å². The van der Waals surface area contributed by atoms with Gasteiger partial charge < -0.3 is 4.90 Å². The van der Waals surface area contributed by atoms with Gasteiger partial charge in [0, 0.05) is 31.2 Å². The zero-order valence-corrected chi connectivity index (χ0v) is 15.4. The second-order valence-electron chi connectivity index (χ2n) is 6.91. The Morgan fingerprint density at radius 2 is 1.69 bits per heavy atom. The number of carbonyl (C=O) groups is 1. The molecule has 6 heteroatoms. The third-order valence-electron chi connectivity index (χ3n) is 4.96. The quantitative estimate of drug-likeness (QED) is 0.785. The molecule has 4 rings (SSSR count). The summed E-state index contributed by atoms with van der Waals surface area (Å²) in [6.07, 6.45) is 3.23. The fourth-order valence-corrected chi connectivity index (χ4v) is 5.06. The van der Waals surface area contributed by atoms with Crippen molar-refractivity contribution in [3.63, 3.8) is 0 Å². The lowest BCUT2D eigenvalue weighted by Crippen LogP contribution is -2.32. The van der Waals surface area contributed by atoms with E-state index >= 15 is 0 Å². The highest BCUT2D eigenvalue weighted by atomic mass is 32.2. The monoisotopic (exact) mass is 370 g/mol. The van der Waals surface area contributed by atoms with Crippen LogP contribution >= 0.6 is 0 Å². The highest BCUT2D eigenvalue weighted by Crippen LogP contribution is 2.34. The minimum absolute atomic E-state index is 0.0834. The summed E-state index contributed by atoms with van der Waals surface area (Å²) in [5, 5.41) is 0. The van der Waals surface area contributed by atoms with Gasteiger partial charge in [0.1, 0.15) is 0 Å². The molecule has 136 valence electrons. The van der Waals surface area contributed by atoms with Crippen LogP contribution in [0, 0.1) is 0 Å². The Kier molecular flexibility index (Phi) is 4.54. The topological polar surface area (TPSA) is 57.7 Å². The number of sulfonamides is 1. The molecule has 1 heterocycles. The van der Waals surface area contributed by atoms with E-state index in [1.165, 1.54) is 0 Å². The third-order valence-corrected chi connectivity index (χ3v) is 6.88. The zero-order valence-electron chi connectivity index (χ0n) is 14.5. The Labute approximate surface area is 154 Å². The Hall–Kier alpha value is -2.18. The van der Waals surface area contributed by atoms with Crippen LogP contribution in [0.3, 0.4) is 0 Å². The number of rotatable bonds is 6. The molecule has 0 atom stereocenters. The smallest absolute Gasteiger partial charge is 0.243 e. The number of anilines is 1. The molecule has 2 aromatic carbocycles. The van der Waals surface area contributed by atoms with Gasteiger partial charge >= 0.3 is 0 Å². The van der Waals surface area contributed by atoms with Crippen molar-refractivity contribution in [1.29, 1.82) is 0 Å². The van der Waals surface area contributed by atoms with Gasteiger partial charge in [0.15, 0.2) is 0 Å². The molecule has 0 aromatic heterocycles. The van der Waals surface area contributed by atoms with Crippen LogP contribution in [-0.2, 0) is 21.4 Å². The molecular weight excluding hydrogens is 348 g/mol.